The van der Waals surface area contributed by atoms with E-state index in [1.165, 1.54) is 6.42 Å². The molecule has 1 aromatic rings. The Bertz CT molecular complexity index is 464. The molecule has 1 atom stereocenters. The van der Waals surface area contributed by atoms with Crippen LogP contribution in [0.15, 0.2) is 0 Å². The highest BCUT2D eigenvalue weighted by Crippen LogP contribution is 2.28. The number of rotatable bonds is 4. The van der Waals surface area contributed by atoms with Crippen LogP contribution in [0.4, 0.5) is 0 Å². The summed E-state index contributed by atoms with van der Waals surface area (Å²) in [4.78, 5) is 12.2. The second kappa shape index (κ2) is 6.06. The summed E-state index contributed by atoms with van der Waals surface area (Å²) >= 11 is 6.13. The van der Waals surface area contributed by atoms with E-state index in [1.54, 1.807) is 11.7 Å². The number of nitrogens with zero attached hydrogens (tertiary/aromatic N) is 2. The van der Waals surface area contributed by atoms with Gasteiger partial charge in [0.15, 0.2) is 5.78 Å². The fourth-order valence-electron chi connectivity index (χ4n) is 2.85. The third kappa shape index (κ3) is 3.18. The van der Waals surface area contributed by atoms with Crippen LogP contribution < -0.4 is 0 Å². The molecule has 1 aliphatic carbocycles. The molecular formula is C14H21ClN2O2. The summed E-state index contributed by atoms with van der Waals surface area (Å²) in [6.45, 7) is 1.81. The molecule has 0 aromatic carbocycles. The normalized spacial score (nSPS) is 18.5. The summed E-state index contributed by atoms with van der Waals surface area (Å²) < 4.78 is 1.63. The Labute approximate surface area is 118 Å². The van der Waals surface area contributed by atoms with Crippen LogP contribution in [0, 0.1) is 12.8 Å². The van der Waals surface area contributed by atoms with E-state index in [9.17, 15) is 9.90 Å². The molecule has 1 aromatic heterocycles. The Morgan fingerprint density at radius 3 is 2.63 bits per heavy atom. The molecule has 1 unspecified atom stereocenters. The van der Waals surface area contributed by atoms with Crippen molar-refractivity contribution in [2.45, 2.75) is 51.6 Å². The minimum atomic E-state index is -0.855. The Balaban J connectivity index is 2.03. The van der Waals surface area contributed by atoms with Gasteiger partial charge in [0.2, 0.25) is 0 Å². The topological polar surface area (TPSA) is 55.1 Å². The van der Waals surface area contributed by atoms with E-state index >= 15 is 0 Å². The van der Waals surface area contributed by atoms with Gasteiger partial charge in [-0.1, -0.05) is 30.9 Å². The van der Waals surface area contributed by atoms with E-state index in [2.05, 4.69) is 5.10 Å². The van der Waals surface area contributed by atoms with E-state index in [0.717, 1.165) is 31.4 Å². The Hall–Kier alpha value is -0.870. The summed E-state index contributed by atoms with van der Waals surface area (Å²) in [6.07, 6.45) is 4.64. The maximum atomic E-state index is 12.2. The van der Waals surface area contributed by atoms with Gasteiger partial charge < -0.3 is 5.11 Å². The average molecular weight is 285 g/mol. The lowest BCUT2D eigenvalue weighted by Gasteiger charge is -2.25. The number of carbonyl (C=O) groups excluding carboxylic acids is 1. The van der Waals surface area contributed by atoms with E-state index in [0.29, 0.717) is 10.7 Å². The van der Waals surface area contributed by atoms with E-state index < -0.39 is 6.10 Å². The maximum Gasteiger partial charge on any atom is 0.167 e. The van der Waals surface area contributed by atoms with Crippen LogP contribution >= 0.6 is 11.6 Å². The minimum absolute atomic E-state index is 0.120. The predicted octanol–water partition coefficient (Wildman–Crippen LogP) is 2.43. The van der Waals surface area contributed by atoms with Gasteiger partial charge in [0, 0.05) is 7.05 Å². The number of ketones is 1. The molecule has 1 N–H and O–H groups in total. The number of aliphatic hydroxyl groups is 1. The number of Topliss-reactive ketones (excluding diaryl/α,β-unsaturated/α-hetero) is 1. The fourth-order valence-corrected chi connectivity index (χ4v) is 3.08. The molecule has 0 amide bonds. The fraction of sp³-hybridized carbons (Fsp3) is 0.714. The summed E-state index contributed by atoms with van der Waals surface area (Å²) in [5.41, 5.74) is 1.41. The largest absolute Gasteiger partial charge is 0.385 e. The van der Waals surface area contributed by atoms with Gasteiger partial charge in [0.05, 0.1) is 22.8 Å². The molecule has 19 heavy (non-hydrogen) atoms. The first-order valence-electron chi connectivity index (χ1n) is 6.89. The number of carbonyl (C=O) groups is 1. The zero-order chi connectivity index (χ0) is 14.0. The van der Waals surface area contributed by atoms with Crippen LogP contribution in [0.5, 0.6) is 0 Å². The first kappa shape index (κ1) is 14.5. The highest BCUT2D eigenvalue weighted by Gasteiger charge is 2.28. The number of hydrogen-bond donors (Lipinski definition) is 1. The lowest BCUT2D eigenvalue weighted by atomic mass is 9.83. The number of aromatic nitrogens is 2. The summed E-state index contributed by atoms with van der Waals surface area (Å²) in [6, 6.07) is 0. The third-order valence-corrected chi connectivity index (χ3v) is 4.52. The first-order valence-corrected chi connectivity index (χ1v) is 7.27. The molecule has 0 spiro atoms. The number of aryl methyl sites for hydroxylation is 2. The summed E-state index contributed by atoms with van der Waals surface area (Å²) in [7, 11) is 1.77. The second-order valence-electron chi connectivity index (χ2n) is 5.46. The van der Waals surface area contributed by atoms with Crippen molar-refractivity contribution in [1.29, 1.82) is 0 Å². The highest BCUT2D eigenvalue weighted by molar-refractivity contribution is 6.32. The minimum Gasteiger partial charge on any atom is -0.385 e. The molecule has 2 rings (SSSR count). The van der Waals surface area contributed by atoms with Crippen LogP contribution in [0.2, 0.25) is 5.02 Å². The Morgan fingerprint density at radius 2 is 2.11 bits per heavy atom. The molecule has 1 fully saturated rings. The van der Waals surface area contributed by atoms with E-state index in [1.807, 2.05) is 6.92 Å². The van der Waals surface area contributed by atoms with Crippen molar-refractivity contribution in [2.75, 3.05) is 0 Å². The van der Waals surface area contributed by atoms with Crippen LogP contribution in [0.25, 0.3) is 0 Å². The Morgan fingerprint density at radius 1 is 1.47 bits per heavy atom. The van der Waals surface area contributed by atoms with E-state index in [4.69, 9.17) is 11.6 Å². The standard InChI is InChI=1S/C14H21ClN2O2/c1-9-13(15)11(17(2)16-9)8-12(18)14(19)10-6-4-3-5-7-10/h10,14,19H,3-8H2,1-2H3. The zero-order valence-corrected chi connectivity index (χ0v) is 12.3. The van der Waals surface area contributed by atoms with Crippen LogP contribution in [-0.4, -0.2) is 26.8 Å². The molecule has 1 saturated carbocycles. The predicted molar refractivity (Wildman–Crippen MR) is 74.2 cm³/mol. The van der Waals surface area contributed by atoms with Crippen LogP contribution in [-0.2, 0) is 18.3 Å². The molecule has 4 nitrogen and oxygen atoms in total. The van der Waals surface area contributed by atoms with Gasteiger partial charge in [-0.05, 0) is 25.7 Å². The summed E-state index contributed by atoms with van der Waals surface area (Å²) in [5, 5.41) is 14.9. The number of hydrogen-bond acceptors (Lipinski definition) is 3. The van der Waals surface area contributed by atoms with Crippen molar-refractivity contribution < 1.29 is 9.90 Å². The first-order chi connectivity index (χ1) is 9.00. The van der Waals surface area contributed by atoms with Gasteiger partial charge in [0.1, 0.15) is 6.10 Å². The SMILES string of the molecule is Cc1nn(C)c(CC(=O)C(O)C2CCCCC2)c1Cl. The number of halogens is 1. The van der Waals surface area contributed by atoms with Gasteiger partial charge >= 0.3 is 0 Å². The monoisotopic (exact) mass is 284 g/mol. The van der Waals surface area contributed by atoms with Crippen molar-refractivity contribution in [3.63, 3.8) is 0 Å². The molecule has 5 heteroatoms. The lowest BCUT2D eigenvalue weighted by molar-refractivity contribution is -0.129. The third-order valence-electron chi connectivity index (χ3n) is 4.03. The lowest BCUT2D eigenvalue weighted by Crippen LogP contribution is -2.32. The van der Waals surface area contributed by atoms with Crippen molar-refractivity contribution in [3.05, 3.63) is 16.4 Å². The molecule has 106 valence electrons. The van der Waals surface area contributed by atoms with Crippen molar-refractivity contribution in [1.82, 2.24) is 9.78 Å². The van der Waals surface area contributed by atoms with Crippen LogP contribution in [0.3, 0.4) is 0 Å². The molecule has 1 aliphatic rings. The molecule has 0 radical (unpaired) electrons. The van der Waals surface area contributed by atoms with Crippen LogP contribution in [0.1, 0.15) is 43.5 Å². The molecular weight excluding hydrogens is 264 g/mol. The van der Waals surface area contributed by atoms with Gasteiger partial charge in [-0.3, -0.25) is 9.48 Å². The second-order valence-corrected chi connectivity index (χ2v) is 5.83. The van der Waals surface area contributed by atoms with E-state index in [-0.39, 0.29) is 18.1 Å². The molecule has 0 aliphatic heterocycles. The molecule has 1 heterocycles. The van der Waals surface area contributed by atoms with Crippen molar-refractivity contribution in [3.8, 4) is 0 Å². The van der Waals surface area contributed by atoms with Gasteiger partial charge in [0.25, 0.3) is 0 Å². The van der Waals surface area contributed by atoms with Gasteiger partial charge in [-0.2, -0.15) is 5.10 Å². The number of aliphatic hydroxyl groups excluding tert-OH is 1. The summed E-state index contributed by atoms with van der Waals surface area (Å²) in [5.74, 6) is -0.0221. The van der Waals surface area contributed by atoms with Gasteiger partial charge in [-0.15, -0.1) is 0 Å². The molecule has 0 saturated heterocycles. The van der Waals surface area contributed by atoms with Crippen molar-refractivity contribution in [2.24, 2.45) is 13.0 Å². The Kier molecular flexibility index (Phi) is 4.63. The molecule has 0 bridgehead atoms. The maximum absolute atomic E-state index is 12.2. The van der Waals surface area contributed by atoms with Gasteiger partial charge in [-0.25, -0.2) is 0 Å². The quantitative estimate of drug-likeness (QED) is 0.924. The smallest absolute Gasteiger partial charge is 0.167 e. The average Bonchev–Trinajstić information content (AvgIpc) is 2.65. The highest BCUT2D eigenvalue weighted by atomic mass is 35.5. The van der Waals surface area contributed by atoms with Crippen molar-refractivity contribution >= 4 is 17.4 Å². The zero-order valence-electron chi connectivity index (χ0n) is 11.5.